The molecule has 2 heterocycles. The van der Waals surface area contributed by atoms with Gasteiger partial charge in [0.25, 0.3) is 0 Å². The third-order valence-electron chi connectivity index (χ3n) is 11.6. The topological polar surface area (TPSA) is 51.8 Å². The number of nitrogens with zero attached hydrogens (tertiary/aromatic N) is 3. The average Bonchev–Trinajstić information content (AvgIpc) is 3.73. The Bertz CT molecular complexity index is 3380. The van der Waals surface area contributed by atoms with Crippen LogP contribution < -0.4 is 81.9 Å². The molecule has 0 saturated heterocycles. The molecule has 0 aliphatic heterocycles. The zero-order valence-electron chi connectivity index (χ0n) is 34.0. The summed E-state index contributed by atoms with van der Waals surface area (Å²) in [5.74, 6) is 0.797. The van der Waals surface area contributed by atoms with Gasteiger partial charge in [0, 0.05) is 27.5 Å². The molecule has 2 aromatic heterocycles. The molecule has 0 saturated carbocycles. The minimum Gasteiger partial charge on any atom is -0.457 e. The van der Waals surface area contributed by atoms with Crippen molar-refractivity contribution < 1.29 is 4.42 Å². The van der Waals surface area contributed by atoms with E-state index in [1.807, 2.05) is 84.9 Å². The fourth-order valence-electron chi connectivity index (χ4n) is 8.15. The van der Waals surface area contributed by atoms with Crippen LogP contribution in [0.2, 0.25) is 0 Å². The molecule has 0 amide bonds. The van der Waals surface area contributed by atoms with Gasteiger partial charge >= 0.3 is 0 Å². The van der Waals surface area contributed by atoms with Crippen LogP contribution in [0.4, 0.5) is 0 Å². The van der Waals surface area contributed by atoms with Crippen molar-refractivity contribution in [3.05, 3.63) is 84.9 Å². The fraction of sp³-hybridized carbons (Fsp3) is 0. The zero-order chi connectivity index (χ0) is 45.6. The Morgan fingerprint density at radius 3 is 0.969 bits per heavy atom. The molecule has 0 fully saturated rings. The normalized spacial score (nSPS) is 11.4. The number of hydrogen-bond acceptors (Lipinski definition) is 4. The first-order chi connectivity index (χ1) is 30.5. The standard InChI is InChI=1S/C45H14B15N3O/c46-26-19(21-28(48)32(52)23-24-33(53)29(49)22(37(57)42(24)64-41(23)36(21)56)20-30(50)38(58)40(60)39(59)31(20)51)27(47)35(55)25(34(26)54)45-62-43(17-9-5-2-6-10-17)61-44(63-45)18-13-11-16(12-14-18)15-7-3-1-4-8-15/h1-14H. The lowest BCUT2D eigenvalue weighted by molar-refractivity contribution is 0.674. The van der Waals surface area contributed by atoms with Gasteiger partial charge < -0.3 is 4.42 Å². The van der Waals surface area contributed by atoms with Crippen LogP contribution in [0.15, 0.2) is 89.3 Å². The Labute approximate surface area is 391 Å². The minimum atomic E-state index is -0.0606. The average molecular weight is 775 g/mol. The van der Waals surface area contributed by atoms with Crippen molar-refractivity contribution in [2.45, 2.75) is 0 Å². The summed E-state index contributed by atoms with van der Waals surface area (Å²) in [7, 11) is 99.5. The molecule has 260 valence electrons. The van der Waals surface area contributed by atoms with Crippen molar-refractivity contribution in [2.75, 3.05) is 0 Å². The van der Waals surface area contributed by atoms with E-state index >= 15 is 0 Å². The van der Waals surface area contributed by atoms with Crippen molar-refractivity contribution in [1.82, 2.24) is 15.0 Å². The molecule has 0 bridgehead atoms. The van der Waals surface area contributed by atoms with E-state index in [-0.39, 0.29) is 138 Å². The molecule has 0 spiro atoms. The molecule has 9 rings (SSSR count). The van der Waals surface area contributed by atoms with Gasteiger partial charge in [-0.1, -0.05) is 140 Å². The summed E-state index contributed by atoms with van der Waals surface area (Å²) in [5.41, 5.74) is 3.46. The molecule has 64 heavy (non-hydrogen) atoms. The van der Waals surface area contributed by atoms with Gasteiger partial charge in [0.2, 0.25) is 0 Å². The van der Waals surface area contributed by atoms with Crippen molar-refractivity contribution in [1.29, 1.82) is 0 Å². The highest BCUT2D eigenvalue weighted by Crippen LogP contribution is 2.29. The van der Waals surface area contributed by atoms with Crippen LogP contribution >= 0.6 is 0 Å². The zero-order valence-corrected chi connectivity index (χ0v) is 34.0. The molecule has 0 aliphatic rings. The van der Waals surface area contributed by atoms with Crippen LogP contribution in [0.1, 0.15) is 0 Å². The van der Waals surface area contributed by atoms with Gasteiger partial charge in [-0.05, 0) is 44.3 Å². The molecule has 9 aromatic rings. The third-order valence-corrected chi connectivity index (χ3v) is 11.6. The third kappa shape index (κ3) is 6.71. The largest absolute Gasteiger partial charge is 0.457 e. The molecule has 7 aromatic carbocycles. The number of fused-ring (bicyclic) bond motifs is 3. The molecule has 0 atom stereocenters. The summed E-state index contributed by atoms with van der Waals surface area (Å²) in [6.07, 6.45) is 0. The van der Waals surface area contributed by atoms with E-state index in [4.69, 9.17) is 137 Å². The highest BCUT2D eigenvalue weighted by Gasteiger charge is 2.27. The van der Waals surface area contributed by atoms with E-state index in [1.165, 1.54) is 0 Å². The number of rotatable bonds is 6. The number of aromatic nitrogens is 3. The maximum absolute atomic E-state index is 6.93. The van der Waals surface area contributed by atoms with Crippen molar-refractivity contribution in [3.63, 3.8) is 0 Å². The second-order valence-electron chi connectivity index (χ2n) is 15.2. The lowest BCUT2D eigenvalue weighted by Gasteiger charge is -2.26. The van der Waals surface area contributed by atoms with Crippen molar-refractivity contribution >= 4 is 222 Å². The maximum Gasteiger partial charge on any atom is 0.164 e. The van der Waals surface area contributed by atoms with E-state index in [2.05, 4.69) is 0 Å². The van der Waals surface area contributed by atoms with Crippen molar-refractivity contribution in [3.8, 4) is 67.5 Å². The number of furan rings is 1. The quantitative estimate of drug-likeness (QED) is 0.158. The van der Waals surface area contributed by atoms with Gasteiger partial charge in [0.15, 0.2) is 17.5 Å². The van der Waals surface area contributed by atoms with E-state index in [0.717, 1.165) is 11.1 Å². The van der Waals surface area contributed by atoms with Gasteiger partial charge in [-0.3, -0.25) is 0 Å². The predicted octanol–water partition coefficient (Wildman–Crippen LogP) is -6.32. The Hall–Kier alpha value is -5.68. The first kappa shape index (κ1) is 43.6. The van der Waals surface area contributed by atoms with E-state index < -0.39 is 0 Å². The molecule has 0 N–H and O–H groups in total. The summed E-state index contributed by atoms with van der Waals surface area (Å²) in [6, 6.07) is 27.1. The fourth-order valence-corrected chi connectivity index (χ4v) is 8.15. The van der Waals surface area contributed by atoms with Crippen molar-refractivity contribution in [2.24, 2.45) is 0 Å². The second-order valence-corrected chi connectivity index (χ2v) is 15.2. The molecule has 0 unspecified atom stereocenters. The lowest BCUT2D eigenvalue weighted by Crippen LogP contribution is -2.56. The van der Waals surface area contributed by atoms with Gasteiger partial charge in [0.1, 0.15) is 129 Å². The van der Waals surface area contributed by atoms with Crippen LogP contribution in [0.3, 0.4) is 0 Å². The molecule has 19 heteroatoms. The Morgan fingerprint density at radius 2 is 0.531 bits per heavy atom. The van der Waals surface area contributed by atoms with Gasteiger partial charge in [-0.15, -0.1) is 16.4 Å². The monoisotopic (exact) mass is 777 g/mol. The number of benzene rings is 7. The first-order valence-corrected chi connectivity index (χ1v) is 19.5. The van der Waals surface area contributed by atoms with Crippen LogP contribution in [-0.4, -0.2) is 133 Å². The van der Waals surface area contributed by atoms with E-state index in [1.54, 1.807) is 0 Å². The Morgan fingerprint density at radius 1 is 0.250 bits per heavy atom. The van der Waals surface area contributed by atoms with E-state index in [0.29, 0.717) is 22.8 Å². The summed E-state index contributed by atoms with van der Waals surface area (Å²) in [6.45, 7) is 0. The van der Waals surface area contributed by atoms with Crippen LogP contribution in [-0.2, 0) is 0 Å². The number of hydrogen-bond donors (Lipinski definition) is 0. The SMILES string of the molecule is [B]c1c([B])c([B])c(-c2c([B])c([B])c3c(oc4c([B])c(-c5c([B])c([B])c(-c6nc(-c7ccccc7)nc(-c7ccc(-c8ccccc8)cc7)n6)c([B])c5[B])c([B])c([B])c43)c2[B])c([B])c1[B]. The highest BCUT2D eigenvalue weighted by molar-refractivity contribution is 6.72. The van der Waals surface area contributed by atoms with Crippen LogP contribution in [0, 0.1) is 0 Å². The first-order valence-electron chi connectivity index (χ1n) is 19.5. The van der Waals surface area contributed by atoms with Gasteiger partial charge in [-0.2, -0.15) is 0 Å². The molecular formula is C45H14B15N3O. The molecule has 30 radical (unpaired) electrons. The van der Waals surface area contributed by atoms with Gasteiger partial charge in [-0.25, -0.2) is 15.0 Å². The smallest absolute Gasteiger partial charge is 0.164 e. The van der Waals surface area contributed by atoms with Gasteiger partial charge in [0.05, 0.1) is 0 Å². The van der Waals surface area contributed by atoms with E-state index in [9.17, 15) is 0 Å². The summed E-state index contributed by atoms with van der Waals surface area (Å²) >= 11 is 0. The molecule has 0 aliphatic carbocycles. The molecule has 4 nitrogen and oxygen atoms in total. The summed E-state index contributed by atoms with van der Waals surface area (Å²) in [5, 5.41) is 0.403. The second kappa shape index (κ2) is 16.4. The summed E-state index contributed by atoms with van der Waals surface area (Å²) in [4.78, 5) is 14.5. The Kier molecular flexibility index (Phi) is 11.2. The minimum absolute atomic E-state index is 0.00920. The molecular weight excluding hydrogens is 761 g/mol. The summed E-state index contributed by atoms with van der Waals surface area (Å²) < 4.78 is 6.39. The highest BCUT2D eigenvalue weighted by atomic mass is 16.3. The van der Waals surface area contributed by atoms with Crippen LogP contribution in [0.25, 0.3) is 89.5 Å². The maximum atomic E-state index is 6.93. The Balaban J connectivity index is 1.24. The predicted molar refractivity (Wildman–Crippen MR) is 281 cm³/mol. The lowest BCUT2D eigenvalue weighted by atomic mass is 9.57. The van der Waals surface area contributed by atoms with Crippen LogP contribution in [0.5, 0.6) is 0 Å².